The Labute approximate surface area is 347 Å². The van der Waals surface area contributed by atoms with Gasteiger partial charge in [0, 0.05) is 34.1 Å². The van der Waals surface area contributed by atoms with Crippen LogP contribution >= 0.6 is 0 Å². The normalized spacial score (nSPS) is 14.3. The summed E-state index contributed by atoms with van der Waals surface area (Å²) in [7, 11) is 0. The maximum atomic E-state index is 2.61. The molecule has 2 aliphatic heterocycles. The van der Waals surface area contributed by atoms with Crippen LogP contribution in [0.5, 0.6) is 0 Å². The van der Waals surface area contributed by atoms with Crippen LogP contribution in [-0.4, -0.2) is 6.71 Å². The van der Waals surface area contributed by atoms with Gasteiger partial charge < -0.3 is 9.80 Å². The van der Waals surface area contributed by atoms with E-state index in [1.165, 1.54) is 83.9 Å². The summed E-state index contributed by atoms with van der Waals surface area (Å²) in [5, 5.41) is 0. The summed E-state index contributed by atoms with van der Waals surface area (Å²) in [6.07, 6.45) is 2.12. The first-order valence-electron chi connectivity index (χ1n) is 21.7. The van der Waals surface area contributed by atoms with E-state index >= 15 is 0 Å². The maximum absolute atomic E-state index is 2.61. The molecule has 0 aromatic heterocycles. The lowest BCUT2D eigenvalue weighted by Gasteiger charge is -2.45. The molecular weight excluding hydrogens is 687 g/mol. The summed E-state index contributed by atoms with van der Waals surface area (Å²) in [5.74, 6) is 1.14. The summed E-state index contributed by atoms with van der Waals surface area (Å²) in [4.78, 5) is 5.23. The molecule has 0 bridgehead atoms. The molecule has 2 heterocycles. The van der Waals surface area contributed by atoms with E-state index in [-0.39, 0.29) is 28.4 Å². The zero-order chi connectivity index (χ0) is 41.6. The Morgan fingerprint density at radius 1 is 0.421 bits per heavy atom. The largest absolute Gasteiger partial charge is 0.311 e. The van der Waals surface area contributed by atoms with Crippen molar-refractivity contribution in [2.24, 2.45) is 11.8 Å². The fourth-order valence-corrected chi connectivity index (χ4v) is 9.01. The van der Waals surface area contributed by atoms with Gasteiger partial charge in [0.15, 0.2) is 0 Å². The van der Waals surface area contributed by atoms with Crippen LogP contribution in [0.15, 0.2) is 91.0 Å². The Kier molecular flexibility index (Phi) is 10.2. The van der Waals surface area contributed by atoms with Crippen molar-refractivity contribution in [3.8, 4) is 0 Å². The highest BCUT2D eigenvalue weighted by Gasteiger charge is 2.44. The average molecular weight is 757 g/mol. The molecule has 0 saturated carbocycles. The van der Waals surface area contributed by atoms with Crippen LogP contribution in [0.2, 0.25) is 0 Å². The summed E-state index contributed by atoms with van der Waals surface area (Å²) >= 11 is 0. The molecule has 3 heteroatoms. The first kappa shape index (κ1) is 40.9. The monoisotopic (exact) mass is 757 g/mol. The summed E-state index contributed by atoms with van der Waals surface area (Å²) in [6.45, 7) is 37.7. The first-order chi connectivity index (χ1) is 26.4. The van der Waals surface area contributed by atoms with Crippen molar-refractivity contribution in [1.29, 1.82) is 0 Å². The van der Waals surface area contributed by atoms with Gasteiger partial charge >= 0.3 is 0 Å². The van der Waals surface area contributed by atoms with Crippen LogP contribution in [0.1, 0.15) is 144 Å². The van der Waals surface area contributed by atoms with Crippen molar-refractivity contribution < 1.29 is 0 Å². The molecule has 0 fully saturated rings. The minimum absolute atomic E-state index is 0.000211. The molecule has 0 amide bonds. The van der Waals surface area contributed by atoms with Crippen LogP contribution in [0.25, 0.3) is 0 Å². The SMILES string of the molecule is CC(C)Cc1ccc2c(c1)B1c3cc(CC(C)C)ccc3N(c3cc(C(C)(C)C)cc(C(C)(C)C)c3)c3cccc(c31)N2c1cc(C(C)(C)C)cc(C(C)(C)C)c1. The lowest BCUT2D eigenvalue weighted by atomic mass is 9.33. The summed E-state index contributed by atoms with van der Waals surface area (Å²) in [6, 6.07) is 36.7. The lowest BCUT2D eigenvalue weighted by Crippen LogP contribution is -2.61. The molecule has 2 aliphatic rings. The smallest absolute Gasteiger partial charge is 0.252 e. The Hall–Kier alpha value is -4.24. The Bertz CT molecular complexity index is 2090. The van der Waals surface area contributed by atoms with Crippen molar-refractivity contribution in [2.75, 3.05) is 9.80 Å². The third-order valence-corrected chi connectivity index (χ3v) is 12.2. The van der Waals surface area contributed by atoms with E-state index in [4.69, 9.17) is 0 Å². The van der Waals surface area contributed by atoms with Gasteiger partial charge in [0.05, 0.1) is 0 Å². The van der Waals surface area contributed by atoms with E-state index in [1.54, 1.807) is 0 Å². The van der Waals surface area contributed by atoms with Crippen molar-refractivity contribution in [3.05, 3.63) is 124 Å². The Morgan fingerprint density at radius 3 is 1.05 bits per heavy atom. The average Bonchev–Trinajstić information content (AvgIpc) is 3.09. The van der Waals surface area contributed by atoms with Crippen LogP contribution in [0.3, 0.4) is 0 Å². The number of hydrogen-bond donors (Lipinski definition) is 0. The highest BCUT2D eigenvalue weighted by molar-refractivity contribution is 7.00. The van der Waals surface area contributed by atoms with Gasteiger partial charge in [-0.15, -0.1) is 0 Å². The predicted octanol–water partition coefficient (Wildman–Crippen LogP) is 13.4. The van der Waals surface area contributed by atoms with Gasteiger partial charge in [-0.1, -0.05) is 153 Å². The molecule has 0 atom stereocenters. The van der Waals surface area contributed by atoms with E-state index in [0.29, 0.717) is 11.8 Å². The highest BCUT2D eigenvalue weighted by Crippen LogP contribution is 2.47. The van der Waals surface area contributed by atoms with Crippen LogP contribution in [-0.2, 0) is 34.5 Å². The molecule has 7 rings (SSSR count). The van der Waals surface area contributed by atoms with Gasteiger partial charge in [0.2, 0.25) is 0 Å². The number of benzene rings is 5. The summed E-state index contributed by atoms with van der Waals surface area (Å²) in [5.41, 5.74) is 20.2. The third-order valence-electron chi connectivity index (χ3n) is 12.2. The zero-order valence-corrected chi connectivity index (χ0v) is 38.2. The molecule has 5 aromatic rings. The van der Waals surface area contributed by atoms with Gasteiger partial charge in [0.1, 0.15) is 0 Å². The zero-order valence-electron chi connectivity index (χ0n) is 38.2. The van der Waals surface area contributed by atoms with Gasteiger partial charge in [-0.05, 0) is 145 Å². The van der Waals surface area contributed by atoms with Crippen molar-refractivity contribution in [2.45, 2.75) is 145 Å². The maximum Gasteiger partial charge on any atom is 0.252 e. The topological polar surface area (TPSA) is 6.48 Å². The molecule has 0 unspecified atom stereocenters. The molecule has 57 heavy (non-hydrogen) atoms. The number of anilines is 6. The Balaban J connectivity index is 1.60. The molecule has 0 N–H and O–H groups in total. The van der Waals surface area contributed by atoms with Crippen LogP contribution in [0.4, 0.5) is 34.1 Å². The first-order valence-corrected chi connectivity index (χ1v) is 21.7. The van der Waals surface area contributed by atoms with Crippen molar-refractivity contribution in [3.63, 3.8) is 0 Å². The van der Waals surface area contributed by atoms with Crippen molar-refractivity contribution >= 4 is 57.2 Å². The van der Waals surface area contributed by atoms with Gasteiger partial charge in [-0.25, -0.2) is 0 Å². The van der Waals surface area contributed by atoms with Crippen molar-refractivity contribution in [1.82, 2.24) is 0 Å². The molecule has 0 spiro atoms. The van der Waals surface area contributed by atoms with Crippen LogP contribution < -0.4 is 26.2 Å². The van der Waals surface area contributed by atoms with E-state index in [0.717, 1.165) is 12.8 Å². The molecule has 2 nitrogen and oxygen atoms in total. The van der Waals surface area contributed by atoms with Gasteiger partial charge in [0.25, 0.3) is 6.71 Å². The van der Waals surface area contributed by atoms with Gasteiger partial charge in [-0.2, -0.15) is 0 Å². The summed E-state index contributed by atoms with van der Waals surface area (Å²) < 4.78 is 0. The molecule has 0 saturated heterocycles. The number of hydrogen-bond acceptors (Lipinski definition) is 2. The minimum atomic E-state index is -0.000211. The molecule has 298 valence electrons. The number of fused-ring (bicyclic) bond motifs is 4. The van der Waals surface area contributed by atoms with Crippen LogP contribution in [0, 0.1) is 11.8 Å². The second kappa shape index (κ2) is 14.2. The molecule has 5 aromatic carbocycles. The Morgan fingerprint density at radius 2 is 0.754 bits per heavy atom. The van der Waals surface area contributed by atoms with E-state index < -0.39 is 0 Å². The standard InChI is InChI=1S/C54H69BN2/c1-34(2)24-36-20-22-46-44(26-36)55-45-27-37(25-35(3)4)21-23-47(45)57(43-32-40(53(11,12)13)29-41(33-43)54(14,15)16)49-19-17-18-48(50(49)55)56(46)42-30-38(51(5,6)7)28-39(31-42)52(8,9)10/h17-23,26-35H,24-25H2,1-16H3. The van der Waals surface area contributed by atoms with E-state index in [1.807, 2.05) is 0 Å². The number of nitrogens with zero attached hydrogens (tertiary/aromatic N) is 2. The number of rotatable bonds is 6. The second-order valence-corrected chi connectivity index (χ2v) is 22.3. The lowest BCUT2D eigenvalue weighted by molar-refractivity contribution is 0.568. The third kappa shape index (κ3) is 7.85. The molecular formula is C54H69BN2. The predicted molar refractivity (Wildman–Crippen MR) is 252 cm³/mol. The van der Waals surface area contributed by atoms with Gasteiger partial charge in [-0.3, -0.25) is 0 Å². The second-order valence-electron chi connectivity index (χ2n) is 22.3. The minimum Gasteiger partial charge on any atom is -0.311 e. The van der Waals surface area contributed by atoms with E-state index in [9.17, 15) is 0 Å². The fraction of sp³-hybridized carbons (Fsp3) is 0.444. The molecule has 0 aliphatic carbocycles. The highest BCUT2D eigenvalue weighted by atomic mass is 15.2. The fourth-order valence-electron chi connectivity index (χ4n) is 9.01. The van der Waals surface area contributed by atoms with E-state index in [2.05, 4.69) is 212 Å². The quantitative estimate of drug-likeness (QED) is 0.156. The molecule has 0 radical (unpaired) electrons.